The molecular formula is C23H21F3N8O4S. The van der Waals surface area contributed by atoms with Crippen LogP contribution < -0.4 is 15.0 Å². The van der Waals surface area contributed by atoms with Crippen molar-refractivity contribution in [3.63, 3.8) is 0 Å². The van der Waals surface area contributed by atoms with Gasteiger partial charge in [-0.1, -0.05) is 19.1 Å². The van der Waals surface area contributed by atoms with Gasteiger partial charge in [0.25, 0.3) is 5.56 Å². The molecule has 0 bridgehead atoms. The Balaban J connectivity index is 1.85. The summed E-state index contributed by atoms with van der Waals surface area (Å²) < 4.78 is 75.3. The molecule has 0 unspecified atom stereocenters. The average molecular weight is 563 g/mol. The Morgan fingerprint density at radius 3 is 2.54 bits per heavy atom. The van der Waals surface area contributed by atoms with Gasteiger partial charge in [-0.15, -0.1) is 10.2 Å². The summed E-state index contributed by atoms with van der Waals surface area (Å²) in [6, 6.07) is 6.15. The lowest BCUT2D eigenvalue weighted by Gasteiger charge is -2.20. The van der Waals surface area contributed by atoms with Gasteiger partial charge in [-0.2, -0.15) is 13.2 Å². The Kier molecular flexibility index (Phi) is 7.29. The maximum absolute atomic E-state index is 13.4. The summed E-state index contributed by atoms with van der Waals surface area (Å²) in [5, 5.41) is 6.61. The fraction of sp³-hybridized carbons (Fsp3) is 0.304. The van der Waals surface area contributed by atoms with Crippen LogP contribution in [0.15, 0.2) is 35.6 Å². The first-order valence-electron chi connectivity index (χ1n) is 11.2. The van der Waals surface area contributed by atoms with Gasteiger partial charge in [0.2, 0.25) is 21.9 Å². The molecule has 3 aromatic heterocycles. The number of aryl methyl sites for hydroxylation is 1. The molecule has 12 nitrogen and oxygen atoms in total. The molecule has 2 atom stereocenters. The Morgan fingerprint density at radius 2 is 1.90 bits per heavy atom. The van der Waals surface area contributed by atoms with Crippen molar-refractivity contribution in [1.82, 2.24) is 34.7 Å². The highest BCUT2D eigenvalue weighted by atomic mass is 32.2. The third-order valence-electron chi connectivity index (χ3n) is 5.87. The number of alkyl halides is 3. The van der Waals surface area contributed by atoms with Crippen LogP contribution in [0.1, 0.15) is 36.7 Å². The first-order chi connectivity index (χ1) is 18.3. The van der Waals surface area contributed by atoms with E-state index in [1.807, 2.05) is 0 Å². The number of hydrogen-bond acceptors (Lipinski definition) is 9. The van der Waals surface area contributed by atoms with Gasteiger partial charge in [-0.25, -0.2) is 18.0 Å². The van der Waals surface area contributed by atoms with Gasteiger partial charge < -0.3 is 9.72 Å². The molecule has 39 heavy (non-hydrogen) atoms. The number of halogens is 3. The molecule has 1 aromatic carbocycles. The summed E-state index contributed by atoms with van der Waals surface area (Å²) in [5.74, 6) is -1.75. The number of nitrogens with one attached hydrogen (secondary N) is 2. The van der Waals surface area contributed by atoms with Gasteiger partial charge in [0.05, 0.1) is 41.2 Å². The summed E-state index contributed by atoms with van der Waals surface area (Å²) in [7, 11) is -3.04. The van der Waals surface area contributed by atoms with Gasteiger partial charge in [0.15, 0.2) is 11.5 Å². The molecule has 0 fully saturated rings. The van der Waals surface area contributed by atoms with Crippen molar-refractivity contribution >= 4 is 16.0 Å². The number of methoxy groups -OCH3 is 1. The highest BCUT2D eigenvalue weighted by Gasteiger charge is 2.34. The summed E-state index contributed by atoms with van der Waals surface area (Å²) in [6.07, 6.45) is -0.712. The molecule has 0 saturated heterocycles. The third kappa shape index (κ3) is 5.53. The van der Waals surface area contributed by atoms with Crippen LogP contribution in [0.2, 0.25) is 0 Å². The molecule has 4 rings (SSSR count). The smallest absolute Gasteiger partial charge is 0.417 e. The van der Waals surface area contributed by atoms with Gasteiger partial charge in [-0.3, -0.25) is 19.5 Å². The van der Waals surface area contributed by atoms with Crippen molar-refractivity contribution in [3.8, 4) is 23.0 Å². The Labute approximate surface area is 220 Å². The number of ether oxygens (including phenoxy) is 1. The zero-order chi connectivity index (χ0) is 28.5. The normalized spacial score (nSPS) is 13.4. The number of sulfonamides is 1. The van der Waals surface area contributed by atoms with E-state index in [9.17, 15) is 26.4 Å². The largest absolute Gasteiger partial charge is 0.479 e. The van der Waals surface area contributed by atoms with Crippen LogP contribution in [0, 0.1) is 19.1 Å². The molecule has 16 heteroatoms. The fourth-order valence-electron chi connectivity index (χ4n) is 3.54. The first-order valence-corrected chi connectivity index (χ1v) is 12.8. The predicted octanol–water partition coefficient (Wildman–Crippen LogP) is 2.68. The monoisotopic (exact) mass is 562 g/mol. The number of hydrogen-bond donors (Lipinski definition) is 2. The van der Waals surface area contributed by atoms with Crippen LogP contribution in [-0.4, -0.2) is 55.5 Å². The van der Waals surface area contributed by atoms with E-state index in [1.54, 1.807) is 13.8 Å². The number of H-pyrrole nitrogens is 1. The second-order valence-corrected chi connectivity index (χ2v) is 10.5. The predicted molar refractivity (Wildman–Crippen MR) is 132 cm³/mol. The minimum absolute atomic E-state index is 0.271. The third-order valence-corrected chi connectivity index (χ3v) is 7.73. The lowest BCUT2D eigenvalue weighted by Crippen LogP contribution is -2.31. The zero-order valence-corrected chi connectivity index (χ0v) is 21.7. The van der Waals surface area contributed by atoms with E-state index in [1.165, 1.54) is 26.4 Å². The van der Waals surface area contributed by atoms with Crippen LogP contribution in [0.3, 0.4) is 0 Å². The lowest BCUT2D eigenvalue weighted by atomic mass is 10.1. The van der Waals surface area contributed by atoms with E-state index >= 15 is 0 Å². The van der Waals surface area contributed by atoms with Crippen LogP contribution in [-0.2, 0) is 16.2 Å². The van der Waals surface area contributed by atoms with Gasteiger partial charge in [0, 0.05) is 24.4 Å². The van der Waals surface area contributed by atoms with E-state index in [0.29, 0.717) is 23.5 Å². The Hall–Kier alpha value is -4.52. The number of anilines is 1. The van der Waals surface area contributed by atoms with E-state index < -0.39 is 44.4 Å². The SMILES string of the molecule is COc1nc[nH]c(=O)c1-n1c(NS(=O)(=O)[C@@H](C)[C@H](C)c2cnc(C)cn2)nnc1-c1c#ccc(C(F)(F)F)c1. The highest BCUT2D eigenvalue weighted by molar-refractivity contribution is 7.93. The molecule has 0 spiro atoms. The average Bonchev–Trinajstić information content (AvgIpc) is 3.29. The topological polar surface area (TPSA) is 158 Å². The second-order valence-electron chi connectivity index (χ2n) is 8.42. The molecule has 0 radical (unpaired) electrons. The van der Waals surface area contributed by atoms with Crippen LogP contribution >= 0.6 is 0 Å². The fourth-order valence-corrected chi connectivity index (χ4v) is 4.78. The Bertz CT molecular complexity index is 1650. The molecule has 4 aromatic rings. The lowest BCUT2D eigenvalue weighted by molar-refractivity contribution is -0.137. The van der Waals surface area contributed by atoms with Crippen LogP contribution in [0.4, 0.5) is 19.1 Å². The molecule has 0 saturated carbocycles. The molecule has 0 aliphatic carbocycles. The number of aromatic nitrogens is 7. The zero-order valence-electron chi connectivity index (χ0n) is 20.9. The molecule has 3 heterocycles. The van der Waals surface area contributed by atoms with Crippen molar-refractivity contribution in [2.45, 2.75) is 38.1 Å². The second kappa shape index (κ2) is 10.3. The number of nitrogens with zero attached hydrogens (tertiary/aromatic N) is 6. The highest BCUT2D eigenvalue weighted by Crippen LogP contribution is 2.33. The van der Waals surface area contributed by atoms with E-state index in [2.05, 4.69) is 47.0 Å². The molecule has 204 valence electrons. The summed E-state index contributed by atoms with van der Waals surface area (Å²) in [4.78, 5) is 27.4. The minimum Gasteiger partial charge on any atom is -0.479 e. The number of aromatic amines is 1. The maximum Gasteiger partial charge on any atom is 0.417 e. The quantitative estimate of drug-likeness (QED) is 0.329. The number of rotatable bonds is 8. The van der Waals surface area contributed by atoms with Crippen molar-refractivity contribution in [2.75, 3.05) is 11.8 Å². The van der Waals surface area contributed by atoms with Crippen molar-refractivity contribution in [1.29, 1.82) is 0 Å². The molecule has 0 amide bonds. The summed E-state index contributed by atoms with van der Waals surface area (Å²) in [5.41, 5.74) is -1.46. The van der Waals surface area contributed by atoms with Crippen molar-refractivity contribution in [3.05, 3.63) is 70.3 Å². The van der Waals surface area contributed by atoms with Crippen molar-refractivity contribution in [2.24, 2.45) is 0 Å². The van der Waals surface area contributed by atoms with Crippen LogP contribution in [0.5, 0.6) is 5.88 Å². The standard InChI is InChI=1S/C23H21F3N8O4S/c1-12-9-28-17(10-27-12)13(2)14(3)39(36,37)33-22-32-31-19(15-6-5-7-16(8-15)23(24,25)26)34(22)18-20(35)29-11-30-21(18)38-4/h7-11,13-14H,1-4H3,(H,32,33)(H,29,30,35)/t13-,14-/m0/s1. The summed E-state index contributed by atoms with van der Waals surface area (Å²) >= 11 is 0. The maximum atomic E-state index is 13.4. The van der Waals surface area contributed by atoms with Crippen molar-refractivity contribution < 1.29 is 26.3 Å². The van der Waals surface area contributed by atoms with E-state index in [4.69, 9.17) is 4.74 Å². The van der Waals surface area contributed by atoms with Gasteiger partial charge in [0.1, 0.15) is 0 Å². The van der Waals surface area contributed by atoms with E-state index in [0.717, 1.165) is 10.9 Å². The summed E-state index contributed by atoms with van der Waals surface area (Å²) in [6.45, 7) is 4.81. The molecule has 0 aliphatic heterocycles. The minimum atomic E-state index is -4.72. The molecule has 0 aliphatic rings. The van der Waals surface area contributed by atoms with Crippen LogP contribution in [0.25, 0.3) is 17.1 Å². The molecule has 2 N–H and O–H groups in total. The first kappa shape index (κ1) is 27.5. The molecular weight excluding hydrogens is 541 g/mol. The van der Waals surface area contributed by atoms with Gasteiger partial charge in [-0.05, 0) is 19.9 Å². The van der Waals surface area contributed by atoms with Gasteiger partial charge >= 0.3 is 6.18 Å². The Morgan fingerprint density at radius 1 is 1.15 bits per heavy atom. The van der Waals surface area contributed by atoms with E-state index in [-0.39, 0.29) is 23.0 Å².